The number of anilines is 1. The second-order valence-corrected chi connectivity index (χ2v) is 7.12. The molecule has 0 aliphatic carbocycles. The molecule has 0 aromatic heterocycles. The zero-order valence-electron chi connectivity index (χ0n) is 12.7. The molecule has 21 heavy (non-hydrogen) atoms. The van der Waals surface area contributed by atoms with Gasteiger partial charge in [0, 0.05) is 28.7 Å². The van der Waals surface area contributed by atoms with Crippen molar-refractivity contribution in [2.75, 3.05) is 5.32 Å². The SMILES string of the molecule is Cc1cc(NCc2cccc3c2OC(C)(C)C3)ccc1Br. The van der Waals surface area contributed by atoms with Crippen LogP contribution >= 0.6 is 15.9 Å². The number of nitrogens with one attached hydrogen (secondary N) is 1. The van der Waals surface area contributed by atoms with Crippen molar-refractivity contribution in [3.8, 4) is 5.75 Å². The molecule has 2 aromatic rings. The summed E-state index contributed by atoms with van der Waals surface area (Å²) < 4.78 is 7.25. The molecule has 0 spiro atoms. The van der Waals surface area contributed by atoms with Crippen LogP contribution in [0.15, 0.2) is 40.9 Å². The molecule has 0 radical (unpaired) electrons. The van der Waals surface area contributed by atoms with Crippen molar-refractivity contribution >= 4 is 21.6 Å². The fourth-order valence-corrected chi connectivity index (χ4v) is 3.02. The molecular formula is C18H20BrNO. The predicted octanol–water partition coefficient (Wildman–Crippen LogP) is 5.08. The number of fused-ring (bicyclic) bond motifs is 1. The lowest BCUT2D eigenvalue weighted by Crippen LogP contribution is -2.25. The van der Waals surface area contributed by atoms with E-state index in [1.165, 1.54) is 16.7 Å². The van der Waals surface area contributed by atoms with Gasteiger partial charge in [-0.25, -0.2) is 0 Å². The highest BCUT2D eigenvalue weighted by molar-refractivity contribution is 9.10. The van der Waals surface area contributed by atoms with E-state index in [1.54, 1.807) is 0 Å². The average molecular weight is 346 g/mol. The lowest BCUT2D eigenvalue weighted by atomic mass is 10.0. The van der Waals surface area contributed by atoms with Gasteiger partial charge in [-0.1, -0.05) is 34.1 Å². The second kappa shape index (κ2) is 5.38. The first-order valence-corrected chi connectivity index (χ1v) is 8.04. The fourth-order valence-electron chi connectivity index (χ4n) is 2.77. The molecule has 0 atom stereocenters. The summed E-state index contributed by atoms with van der Waals surface area (Å²) in [6, 6.07) is 12.7. The maximum Gasteiger partial charge on any atom is 0.128 e. The zero-order valence-corrected chi connectivity index (χ0v) is 14.3. The lowest BCUT2D eigenvalue weighted by molar-refractivity contribution is 0.137. The highest BCUT2D eigenvalue weighted by Crippen LogP contribution is 2.37. The summed E-state index contributed by atoms with van der Waals surface area (Å²) in [5.41, 5.74) is 4.80. The van der Waals surface area contributed by atoms with Gasteiger partial charge in [0.15, 0.2) is 0 Å². The standard InChI is InChI=1S/C18H20BrNO/c1-12-9-15(7-8-16(12)19)20-11-14-6-4-5-13-10-18(2,3)21-17(13)14/h4-9,20H,10-11H2,1-3H3. The molecule has 0 bridgehead atoms. The molecule has 3 rings (SSSR count). The number of para-hydroxylation sites is 1. The van der Waals surface area contributed by atoms with Gasteiger partial charge in [0.05, 0.1) is 0 Å². The molecule has 110 valence electrons. The lowest BCUT2D eigenvalue weighted by Gasteiger charge is -2.18. The summed E-state index contributed by atoms with van der Waals surface area (Å²) in [6.45, 7) is 7.16. The molecule has 0 amide bonds. The summed E-state index contributed by atoms with van der Waals surface area (Å²) in [4.78, 5) is 0. The Morgan fingerprint density at radius 2 is 2.05 bits per heavy atom. The van der Waals surface area contributed by atoms with Crippen LogP contribution in [0.25, 0.3) is 0 Å². The number of hydrogen-bond donors (Lipinski definition) is 1. The Hall–Kier alpha value is -1.48. The predicted molar refractivity (Wildman–Crippen MR) is 91.1 cm³/mol. The van der Waals surface area contributed by atoms with Crippen molar-refractivity contribution in [1.82, 2.24) is 0 Å². The van der Waals surface area contributed by atoms with Crippen LogP contribution in [-0.4, -0.2) is 5.60 Å². The summed E-state index contributed by atoms with van der Waals surface area (Å²) in [5.74, 6) is 1.06. The molecule has 0 saturated carbocycles. The summed E-state index contributed by atoms with van der Waals surface area (Å²) in [6.07, 6.45) is 0.980. The maximum atomic E-state index is 6.11. The molecule has 1 heterocycles. The van der Waals surface area contributed by atoms with E-state index in [4.69, 9.17) is 4.74 Å². The second-order valence-electron chi connectivity index (χ2n) is 6.26. The molecule has 1 N–H and O–H groups in total. The van der Waals surface area contributed by atoms with Crippen molar-refractivity contribution in [1.29, 1.82) is 0 Å². The summed E-state index contributed by atoms with van der Waals surface area (Å²) >= 11 is 3.53. The highest BCUT2D eigenvalue weighted by atomic mass is 79.9. The van der Waals surface area contributed by atoms with Gasteiger partial charge in [0.1, 0.15) is 11.4 Å². The smallest absolute Gasteiger partial charge is 0.128 e. The van der Waals surface area contributed by atoms with E-state index >= 15 is 0 Å². The van der Waals surface area contributed by atoms with Crippen LogP contribution in [0.2, 0.25) is 0 Å². The van der Waals surface area contributed by atoms with E-state index in [0.717, 1.165) is 28.9 Å². The van der Waals surface area contributed by atoms with Crippen LogP contribution in [-0.2, 0) is 13.0 Å². The largest absolute Gasteiger partial charge is 0.487 e. The summed E-state index contributed by atoms with van der Waals surface area (Å²) in [5, 5.41) is 3.49. The van der Waals surface area contributed by atoms with Gasteiger partial charge in [-0.15, -0.1) is 0 Å². The van der Waals surface area contributed by atoms with Gasteiger partial charge < -0.3 is 10.1 Å². The van der Waals surface area contributed by atoms with Gasteiger partial charge in [-0.3, -0.25) is 0 Å². The number of benzene rings is 2. The van der Waals surface area contributed by atoms with Crippen LogP contribution in [0.4, 0.5) is 5.69 Å². The van der Waals surface area contributed by atoms with E-state index < -0.39 is 0 Å². The quantitative estimate of drug-likeness (QED) is 0.837. The number of halogens is 1. The highest BCUT2D eigenvalue weighted by Gasteiger charge is 2.31. The molecule has 3 heteroatoms. The maximum absolute atomic E-state index is 6.11. The first-order valence-electron chi connectivity index (χ1n) is 7.24. The number of rotatable bonds is 3. The van der Waals surface area contributed by atoms with Crippen LogP contribution in [0, 0.1) is 6.92 Å². The van der Waals surface area contributed by atoms with E-state index in [9.17, 15) is 0 Å². The first kappa shape index (κ1) is 14.5. The molecule has 2 nitrogen and oxygen atoms in total. The number of hydrogen-bond acceptors (Lipinski definition) is 2. The molecule has 0 saturated heterocycles. The third-order valence-corrected chi connectivity index (χ3v) is 4.70. The Balaban J connectivity index is 1.78. The normalized spacial score (nSPS) is 15.4. The topological polar surface area (TPSA) is 21.3 Å². The van der Waals surface area contributed by atoms with E-state index in [2.05, 4.69) is 78.4 Å². The minimum Gasteiger partial charge on any atom is -0.487 e. The fraction of sp³-hybridized carbons (Fsp3) is 0.333. The zero-order chi connectivity index (χ0) is 15.0. The van der Waals surface area contributed by atoms with Crippen molar-refractivity contribution in [3.63, 3.8) is 0 Å². The van der Waals surface area contributed by atoms with Crippen LogP contribution in [0.5, 0.6) is 5.75 Å². The van der Waals surface area contributed by atoms with Crippen molar-refractivity contribution in [2.24, 2.45) is 0 Å². The Morgan fingerprint density at radius 3 is 2.81 bits per heavy atom. The van der Waals surface area contributed by atoms with Crippen LogP contribution in [0.3, 0.4) is 0 Å². The van der Waals surface area contributed by atoms with Crippen molar-refractivity contribution < 1.29 is 4.74 Å². The van der Waals surface area contributed by atoms with E-state index in [-0.39, 0.29) is 5.60 Å². The van der Waals surface area contributed by atoms with Crippen molar-refractivity contribution in [3.05, 3.63) is 57.6 Å². The van der Waals surface area contributed by atoms with E-state index in [1.807, 2.05) is 0 Å². The van der Waals surface area contributed by atoms with E-state index in [0.29, 0.717) is 0 Å². The number of ether oxygens (including phenoxy) is 1. The number of aryl methyl sites for hydroxylation is 1. The molecule has 0 unspecified atom stereocenters. The molecule has 2 aromatic carbocycles. The monoisotopic (exact) mass is 345 g/mol. The van der Waals surface area contributed by atoms with Gasteiger partial charge in [-0.2, -0.15) is 0 Å². The minimum absolute atomic E-state index is 0.0906. The molecule has 1 aliphatic heterocycles. The molecule has 1 aliphatic rings. The van der Waals surface area contributed by atoms with Gasteiger partial charge in [-0.05, 0) is 50.1 Å². The third-order valence-electron chi connectivity index (χ3n) is 3.81. The minimum atomic E-state index is -0.0906. The Bertz CT molecular complexity index is 679. The average Bonchev–Trinajstić information content (AvgIpc) is 2.74. The van der Waals surface area contributed by atoms with Gasteiger partial charge >= 0.3 is 0 Å². The van der Waals surface area contributed by atoms with Crippen LogP contribution < -0.4 is 10.1 Å². The summed E-state index contributed by atoms with van der Waals surface area (Å²) in [7, 11) is 0. The van der Waals surface area contributed by atoms with Crippen LogP contribution in [0.1, 0.15) is 30.5 Å². The van der Waals surface area contributed by atoms with Crippen molar-refractivity contribution in [2.45, 2.75) is 39.3 Å². The Kier molecular flexibility index (Phi) is 3.70. The Morgan fingerprint density at radius 1 is 1.24 bits per heavy atom. The van der Waals surface area contributed by atoms with Gasteiger partial charge in [0.2, 0.25) is 0 Å². The third kappa shape index (κ3) is 3.08. The Labute approximate surface area is 134 Å². The molecular weight excluding hydrogens is 326 g/mol. The molecule has 0 fully saturated rings. The first-order chi connectivity index (χ1) is 9.94. The van der Waals surface area contributed by atoms with Gasteiger partial charge in [0.25, 0.3) is 0 Å².